The zero-order valence-corrected chi connectivity index (χ0v) is 11.8. The molecule has 0 amide bonds. The maximum atomic E-state index is 10.3. The molecule has 100 valence electrons. The summed E-state index contributed by atoms with van der Waals surface area (Å²) < 4.78 is 0. The average molecular weight is 269 g/mol. The number of fused-ring (bicyclic) bond motifs is 1. The SMILES string of the molecule is CC(C)(CO)c1cc2c(c(Cl)c1O)CCCCC2. The van der Waals surface area contributed by atoms with Gasteiger partial charge in [-0.25, -0.2) is 0 Å². The number of rotatable bonds is 2. The van der Waals surface area contributed by atoms with Gasteiger partial charge in [-0.2, -0.15) is 0 Å². The molecule has 0 bridgehead atoms. The predicted molar refractivity (Wildman–Crippen MR) is 74.5 cm³/mol. The van der Waals surface area contributed by atoms with Gasteiger partial charge in [-0.1, -0.05) is 37.9 Å². The molecule has 0 spiro atoms. The van der Waals surface area contributed by atoms with E-state index >= 15 is 0 Å². The minimum absolute atomic E-state index is 0.00429. The normalized spacial score (nSPS) is 16.2. The Hall–Kier alpha value is -0.730. The third-order valence-corrected chi connectivity index (χ3v) is 4.34. The number of hydrogen-bond donors (Lipinski definition) is 2. The number of benzene rings is 1. The van der Waals surface area contributed by atoms with Crippen LogP contribution in [0, 0.1) is 0 Å². The first-order valence-electron chi connectivity index (χ1n) is 6.62. The fraction of sp³-hybridized carbons (Fsp3) is 0.600. The minimum Gasteiger partial charge on any atom is -0.506 e. The Kier molecular flexibility index (Phi) is 3.88. The summed E-state index contributed by atoms with van der Waals surface area (Å²) in [6.45, 7) is 3.83. The molecule has 0 aliphatic heterocycles. The molecule has 0 saturated heterocycles. The van der Waals surface area contributed by atoms with E-state index in [-0.39, 0.29) is 12.4 Å². The first-order chi connectivity index (χ1) is 8.47. The van der Waals surface area contributed by atoms with Crippen molar-refractivity contribution >= 4 is 11.6 Å². The van der Waals surface area contributed by atoms with Crippen molar-refractivity contribution in [1.82, 2.24) is 0 Å². The summed E-state index contributed by atoms with van der Waals surface area (Å²) in [6, 6.07) is 2.04. The van der Waals surface area contributed by atoms with E-state index < -0.39 is 5.41 Å². The van der Waals surface area contributed by atoms with E-state index in [9.17, 15) is 10.2 Å². The van der Waals surface area contributed by atoms with Gasteiger partial charge in [-0.15, -0.1) is 0 Å². The molecule has 2 N–H and O–H groups in total. The lowest BCUT2D eigenvalue weighted by molar-refractivity contribution is 0.215. The Morgan fingerprint density at radius 1 is 1.22 bits per heavy atom. The molecule has 1 aliphatic rings. The highest BCUT2D eigenvalue weighted by atomic mass is 35.5. The van der Waals surface area contributed by atoms with Crippen molar-refractivity contribution < 1.29 is 10.2 Å². The molecule has 0 aromatic heterocycles. The fourth-order valence-corrected chi connectivity index (χ4v) is 2.94. The molecule has 1 aliphatic carbocycles. The molecular formula is C15H21ClO2. The molecule has 0 fully saturated rings. The van der Waals surface area contributed by atoms with E-state index in [0.717, 1.165) is 30.4 Å². The third-order valence-electron chi connectivity index (χ3n) is 3.93. The summed E-state index contributed by atoms with van der Waals surface area (Å²) in [5.74, 6) is 0.149. The molecule has 2 nitrogen and oxygen atoms in total. The third kappa shape index (κ3) is 2.36. The average Bonchev–Trinajstić information content (AvgIpc) is 2.58. The predicted octanol–water partition coefficient (Wildman–Crippen LogP) is 3.58. The Bertz CT molecular complexity index is 452. The van der Waals surface area contributed by atoms with Crippen molar-refractivity contribution in [2.45, 2.75) is 51.4 Å². The van der Waals surface area contributed by atoms with Gasteiger partial charge in [-0.3, -0.25) is 0 Å². The second-order valence-corrected chi connectivity index (χ2v) is 6.21. The van der Waals surface area contributed by atoms with Crippen molar-refractivity contribution in [3.05, 3.63) is 27.8 Å². The number of aryl methyl sites for hydroxylation is 1. The van der Waals surface area contributed by atoms with E-state index in [0.29, 0.717) is 5.02 Å². The maximum Gasteiger partial charge on any atom is 0.138 e. The second-order valence-electron chi connectivity index (χ2n) is 5.83. The molecule has 0 radical (unpaired) electrons. The van der Waals surface area contributed by atoms with Crippen molar-refractivity contribution in [3.63, 3.8) is 0 Å². The lowest BCUT2D eigenvalue weighted by Gasteiger charge is -2.26. The molecular weight excluding hydrogens is 248 g/mol. The zero-order chi connectivity index (χ0) is 13.3. The van der Waals surface area contributed by atoms with Crippen LogP contribution in [0.5, 0.6) is 5.75 Å². The summed E-state index contributed by atoms with van der Waals surface area (Å²) in [5, 5.41) is 20.2. The first kappa shape index (κ1) is 13.7. The van der Waals surface area contributed by atoms with Gasteiger partial charge < -0.3 is 10.2 Å². The van der Waals surface area contributed by atoms with Crippen LogP contribution in [0.2, 0.25) is 5.02 Å². The monoisotopic (exact) mass is 268 g/mol. The van der Waals surface area contributed by atoms with Gasteiger partial charge in [-0.05, 0) is 36.8 Å². The van der Waals surface area contributed by atoms with Gasteiger partial charge >= 0.3 is 0 Å². The van der Waals surface area contributed by atoms with E-state index in [1.807, 2.05) is 19.9 Å². The molecule has 0 unspecified atom stereocenters. The van der Waals surface area contributed by atoms with Gasteiger partial charge in [0.1, 0.15) is 5.75 Å². The van der Waals surface area contributed by atoms with Crippen LogP contribution in [-0.2, 0) is 18.3 Å². The second kappa shape index (κ2) is 5.10. The topological polar surface area (TPSA) is 40.5 Å². The molecule has 3 heteroatoms. The van der Waals surface area contributed by atoms with Gasteiger partial charge in [0.05, 0.1) is 11.6 Å². The van der Waals surface area contributed by atoms with E-state index in [1.54, 1.807) is 0 Å². The lowest BCUT2D eigenvalue weighted by Crippen LogP contribution is -2.23. The van der Waals surface area contributed by atoms with Crippen LogP contribution in [0.15, 0.2) is 6.07 Å². The Balaban J connectivity index is 2.57. The highest BCUT2D eigenvalue weighted by Crippen LogP contribution is 2.41. The molecule has 2 rings (SSSR count). The molecule has 18 heavy (non-hydrogen) atoms. The maximum absolute atomic E-state index is 10.3. The standard InChI is InChI=1S/C15H21ClO2/c1-15(2,9-17)12-8-10-6-4-3-5-7-11(10)13(16)14(12)18/h8,17-18H,3-7,9H2,1-2H3. The summed E-state index contributed by atoms with van der Waals surface area (Å²) in [4.78, 5) is 0. The van der Waals surface area contributed by atoms with Gasteiger partial charge in [0.15, 0.2) is 0 Å². The van der Waals surface area contributed by atoms with Crippen molar-refractivity contribution in [2.24, 2.45) is 0 Å². The number of hydrogen-bond acceptors (Lipinski definition) is 2. The fourth-order valence-electron chi connectivity index (χ4n) is 2.62. The van der Waals surface area contributed by atoms with Crippen LogP contribution < -0.4 is 0 Å². The van der Waals surface area contributed by atoms with Crippen LogP contribution in [0.3, 0.4) is 0 Å². The number of phenols is 1. The van der Waals surface area contributed by atoms with E-state index in [1.165, 1.54) is 18.4 Å². The van der Waals surface area contributed by atoms with Crippen molar-refractivity contribution in [3.8, 4) is 5.75 Å². The number of aliphatic hydroxyl groups excluding tert-OH is 1. The van der Waals surface area contributed by atoms with E-state index in [2.05, 4.69) is 0 Å². The summed E-state index contributed by atoms with van der Waals surface area (Å²) in [5.41, 5.74) is 2.64. The van der Waals surface area contributed by atoms with Gasteiger partial charge in [0.25, 0.3) is 0 Å². The number of aromatic hydroxyl groups is 1. The van der Waals surface area contributed by atoms with E-state index in [4.69, 9.17) is 11.6 Å². The van der Waals surface area contributed by atoms with Gasteiger partial charge in [0, 0.05) is 11.0 Å². The quantitative estimate of drug-likeness (QED) is 0.805. The van der Waals surface area contributed by atoms with Crippen molar-refractivity contribution in [1.29, 1.82) is 0 Å². The summed E-state index contributed by atoms with van der Waals surface area (Å²) in [7, 11) is 0. The van der Waals surface area contributed by atoms with Crippen LogP contribution in [0.25, 0.3) is 0 Å². The van der Waals surface area contributed by atoms with Crippen LogP contribution >= 0.6 is 11.6 Å². The van der Waals surface area contributed by atoms with Crippen LogP contribution in [0.1, 0.15) is 49.8 Å². The Morgan fingerprint density at radius 3 is 2.56 bits per heavy atom. The minimum atomic E-state index is -0.463. The highest BCUT2D eigenvalue weighted by molar-refractivity contribution is 6.33. The molecule has 1 aromatic rings. The largest absolute Gasteiger partial charge is 0.506 e. The molecule has 0 atom stereocenters. The highest BCUT2D eigenvalue weighted by Gasteiger charge is 2.27. The number of halogens is 1. The van der Waals surface area contributed by atoms with Crippen molar-refractivity contribution in [2.75, 3.05) is 6.61 Å². The Labute approximate surface area is 114 Å². The summed E-state index contributed by atoms with van der Waals surface area (Å²) >= 11 is 6.32. The summed E-state index contributed by atoms with van der Waals surface area (Å²) in [6.07, 6.45) is 5.48. The number of aliphatic hydroxyl groups is 1. The molecule has 0 heterocycles. The van der Waals surface area contributed by atoms with Crippen LogP contribution in [-0.4, -0.2) is 16.8 Å². The number of phenolic OH excluding ortho intramolecular Hbond substituents is 1. The van der Waals surface area contributed by atoms with Crippen LogP contribution in [0.4, 0.5) is 0 Å². The Morgan fingerprint density at radius 2 is 1.89 bits per heavy atom. The lowest BCUT2D eigenvalue weighted by atomic mass is 9.82. The molecule has 1 aromatic carbocycles. The first-order valence-corrected chi connectivity index (χ1v) is 6.99. The zero-order valence-electron chi connectivity index (χ0n) is 11.1. The molecule has 0 saturated carbocycles. The smallest absolute Gasteiger partial charge is 0.138 e. The van der Waals surface area contributed by atoms with Gasteiger partial charge in [0.2, 0.25) is 0 Å².